The van der Waals surface area contributed by atoms with Crippen molar-refractivity contribution >= 4 is 33.2 Å². The van der Waals surface area contributed by atoms with Crippen molar-refractivity contribution in [1.82, 2.24) is 5.32 Å². The minimum absolute atomic E-state index is 0.0574. The minimum Gasteiger partial charge on any atom is -0.350 e. The standard InChI is InChI=1S/C11H17BrN2OS/c1-2-3-4-9(13)11(15)14-7-8-5-6-10(12)16-8/h5-6,9H,2-4,7,13H2,1H3,(H,14,15)/t9-/m0/s1. The molecule has 0 aliphatic heterocycles. The van der Waals surface area contributed by atoms with Gasteiger partial charge >= 0.3 is 0 Å². The average molecular weight is 305 g/mol. The maximum atomic E-state index is 11.6. The molecule has 1 amide bonds. The summed E-state index contributed by atoms with van der Waals surface area (Å²) in [5.41, 5.74) is 5.75. The molecule has 90 valence electrons. The summed E-state index contributed by atoms with van der Waals surface area (Å²) in [4.78, 5) is 12.7. The lowest BCUT2D eigenvalue weighted by Gasteiger charge is -2.10. The SMILES string of the molecule is CCCC[C@H](N)C(=O)NCc1ccc(Br)s1. The number of hydrogen-bond donors (Lipinski definition) is 2. The fourth-order valence-electron chi connectivity index (χ4n) is 1.31. The number of halogens is 1. The Morgan fingerprint density at radius 3 is 2.94 bits per heavy atom. The van der Waals surface area contributed by atoms with Crippen molar-refractivity contribution in [3.63, 3.8) is 0 Å². The van der Waals surface area contributed by atoms with Gasteiger partial charge in [0.2, 0.25) is 5.91 Å². The van der Waals surface area contributed by atoms with E-state index < -0.39 is 0 Å². The van der Waals surface area contributed by atoms with E-state index in [0.717, 1.165) is 27.9 Å². The summed E-state index contributed by atoms with van der Waals surface area (Å²) < 4.78 is 1.08. The second kappa shape index (κ2) is 7.04. The van der Waals surface area contributed by atoms with Crippen LogP contribution in [0.2, 0.25) is 0 Å². The van der Waals surface area contributed by atoms with Gasteiger partial charge in [-0.1, -0.05) is 19.8 Å². The largest absolute Gasteiger partial charge is 0.350 e. The first kappa shape index (κ1) is 13.7. The van der Waals surface area contributed by atoms with E-state index in [1.54, 1.807) is 11.3 Å². The molecule has 0 bridgehead atoms. The van der Waals surface area contributed by atoms with Crippen LogP contribution in [0.25, 0.3) is 0 Å². The fraction of sp³-hybridized carbons (Fsp3) is 0.545. The molecule has 0 radical (unpaired) electrons. The highest BCUT2D eigenvalue weighted by atomic mass is 79.9. The van der Waals surface area contributed by atoms with Gasteiger partial charge in [0.15, 0.2) is 0 Å². The topological polar surface area (TPSA) is 55.1 Å². The molecule has 0 saturated heterocycles. The van der Waals surface area contributed by atoms with Crippen molar-refractivity contribution in [2.75, 3.05) is 0 Å². The summed E-state index contributed by atoms with van der Waals surface area (Å²) in [5.74, 6) is -0.0574. The molecular weight excluding hydrogens is 288 g/mol. The van der Waals surface area contributed by atoms with Gasteiger partial charge in [0.25, 0.3) is 0 Å². The smallest absolute Gasteiger partial charge is 0.237 e. The molecule has 1 aromatic heterocycles. The van der Waals surface area contributed by atoms with Gasteiger partial charge in [0, 0.05) is 4.88 Å². The summed E-state index contributed by atoms with van der Waals surface area (Å²) in [7, 11) is 0. The Labute approximate surface area is 109 Å². The van der Waals surface area contributed by atoms with E-state index in [1.807, 2.05) is 12.1 Å². The Kier molecular flexibility index (Phi) is 6.01. The van der Waals surface area contributed by atoms with Crippen LogP contribution in [0.3, 0.4) is 0 Å². The van der Waals surface area contributed by atoms with E-state index in [2.05, 4.69) is 28.2 Å². The van der Waals surface area contributed by atoms with Gasteiger partial charge < -0.3 is 11.1 Å². The second-order valence-corrected chi connectivity index (χ2v) is 6.22. The molecule has 0 fully saturated rings. The van der Waals surface area contributed by atoms with Crippen LogP contribution in [0.1, 0.15) is 31.1 Å². The summed E-state index contributed by atoms with van der Waals surface area (Å²) in [6.07, 6.45) is 2.83. The van der Waals surface area contributed by atoms with Gasteiger partial charge in [0.05, 0.1) is 16.4 Å². The molecule has 0 aliphatic rings. The van der Waals surface area contributed by atoms with Crippen LogP contribution in [0.5, 0.6) is 0 Å². The third kappa shape index (κ3) is 4.63. The zero-order valence-corrected chi connectivity index (χ0v) is 11.7. The molecule has 0 unspecified atom stereocenters. The van der Waals surface area contributed by atoms with Crippen molar-refractivity contribution < 1.29 is 4.79 Å². The molecule has 0 aromatic carbocycles. The van der Waals surface area contributed by atoms with Crippen LogP contribution in [-0.2, 0) is 11.3 Å². The maximum Gasteiger partial charge on any atom is 0.237 e. The average Bonchev–Trinajstić information content (AvgIpc) is 2.68. The van der Waals surface area contributed by atoms with Gasteiger partial charge in [-0.3, -0.25) is 4.79 Å². The molecule has 1 atom stereocenters. The van der Waals surface area contributed by atoms with Crippen molar-refractivity contribution in [3.8, 4) is 0 Å². The first-order valence-corrected chi connectivity index (χ1v) is 7.02. The Bertz CT molecular complexity index is 340. The fourth-order valence-corrected chi connectivity index (χ4v) is 2.73. The van der Waals surface area contributed by atoms with E-state index in [9.17, 15) is 4.79 Å². The lowest BCUT2D eigenvalue weighted by atomic mass is 10.1. The second-order valence-electron chi connectivity index (χ2n) is 3.67. The number of thiophene rings is 1. The zero-order chi connectivity index (χ0) is 12.0. The first-order chi connectivity index (χ1) is 7.63. The quantitative estimate of drug-likeness (QED) is 0.849. The molecule has 1 rings (SSSR count). The molecule has 3 N–H and O–H groups in total. The number of carbonyl (C=O) groups is 1. The van der Waals surface area contributed by atoms with Gasteiger partial charge in [0.1, 0.15) is 0 Å². The third-order valence-electron chi connectivity index (χ3n) is 2.27. The van der Waals surface area contributed by atoms with E-state index >= 15 is 0 Å². The van der Waals surface area contributed by atoms with Crippen molar-refractivity contribution in [2.24, 2.45) is 5.73 Å². The number of hydrogen-bond acceptors (Lipinski definition) is 3. The summed E-state index contributed by atoms with van der Waals surface area (Å²) >= 11 is 5.00. The molecule has 0 saturated carbocycles. The number of carbonyl (C=O) groups excluding carboxylic acids is 1. The Morgan fingerprint density at radius 2 is 2.38 bits per heavy atom. The predicted octanol–water partition coefficient (Wildman–Crippen LogP) is 2.64. The summed E-state index contributed by atoms with van der Waals surface area (Å²) in [5, 5.41) is 2.85. The monoisotopic (exact) mass is 304 g/mol. The van der Waals surface area contributed by atoms with Crippen LogP contribution in [-0.4, -0.2) is 11.9 Å². The van der Waals surface area contributed by atoms with Crippen molar-refractivity contribution in [3.05, 3.63) is 20.8 Å². The normalized spacial score (nSPS) is 12.4. The van der Waals surface area contributed by atoms with Gasteiger partial charge in [-0.25, -0.2) is 0 Å². The van der Waals surface area contributed by atoms with E-state index in [0.29, 0.717) is 6.54 Å². The highest BCUT2D eigenvalue weighted by molar-refractivity contribution is 9.11. The van der Waals surface area contributed by atoms with E-state index in [1.165, 1.54) is 0 Å². The maximum absolute atomic E-state index is 11.6. The number of unbranched alkanes of at least 4 members (excludes halogenated alkanes) is 1. The van der Waals surface area contributed by atoms with Crippen LogP contribution in [0, 0.1) is 0 Å². The van der Waals surface area contributed by atoms with Crippen molar-refractivity contribution in [2.45, 2.75) is 38.8 Å². The molecular formula is C11H17BrN2OS. The number of rotatable bonds is 6. The molecule has 0 aliphatic carbocycles. The van der Waals surface area contributed by atoms with Crippen LogP contribution < -0.4 is 11.1 Å². The van der Waals surface area contributed by atoms with Gasteiger partial charge in [-0.2, -0.15) is 0 Å². The lowest BCUT2D eigenvalue weighted by molar-refractivity contribution is -0.122. The Hall–Kier alpha value is -0.390. The van der Waals surface area contributed by atoms with Gasteiger partial charge in [-0.15, -0.1) is 11.3 Å². The predicted molar refractivity (Wildman–Crippen MR) is 71.4 cm³/mol. The number of nitrogens with two attached hydrogens (primary N) is 1. The van der Waals surface area contributed by atoms with Crippen LogP contribution in [0.15, 0.2) is 15.9 Å². The number of amides is 1. The molecule has 3 nitrogen and oxygen atoms in total. The molecule has 5 heteroatoms. The number of nitrogens with one attached hydrogen (secondary N) is 1. The zero-order valence-electron chi connectivity index (χ0n) is 9.33. The minimum atomic E-state index is -0.372. The molecule has 1 heterocycles. The highest BCUT2D eigenvalue weighted by Gasteiger charge is 2.12. The van der Waals surface area contributed by atoms with E-state index in [4.69, 9.17) is 5.73 Å². The summed E-state index contributed by atoms with van der Waals surface area (Å²) in [6, 6.07) is 3.60. The third-order valence-corrected chi connectivity index (χ3v) is 3.89. The molecule has 0 spiro atoms. The Morgan fingerprint density at radius 1 is 1.62 bits per heavy atom. The highest BCUT2D eigenvalue weighted by Crippen LogP contribution is 2.21. The lowest BCUT2D eigenvalue weighted by Crippen LogP contribution is -2.39. The summed E-state index contributed by atoms with van der Waals surface area (Å²) in [6.45, 7) is 2.66. The Balaban J connectivity index is 2.29. The molecule has 1 aromatic rings. The van der Waals surface area contributed by atoms with Gasteiger partial charge in [-0.05, 0) is 34.5 Å². The van der Waals surface area contributed by atoms with E-state index in [-0.39, 0.29) is 11.9 Å². The van der Waals surface area contributed by atoms with Crippen molar-refractivity contribution in [1.29, 1.82) is 0 Å². The first-order valence-electron chi connectivity index (χ1n) is 5.41. The molecule has 16 heavy (non-hydrogen) atoms. The van der Waals surface area contributed by atoms with Crippen LogP contribution in [0.4, 0.5) is 0 Å². The van der Waals surface area contributed by atoms with Crippen LogP contribution >= 0.6 is 27.3 Å².